The maximum absolute atomic E-state index is 13.8. The number of methoxy groups -OCH3 is 2. The third kappa shape index (κ3) is 3.20. The van der Waals surface area contributed by atoms with Crippen LogP contribution in [0.2, 0.25) is 0 Å². The molecule has 0 radical (unpaired) electrons. The summed E-state index contributed by atoms with van der Waals surface area (Å²) in [5.41, 5.74) is 0.728. The summed E-state index contributed by atoms with van der Waals surface area (Å²) in [6, 6.07) is 3.67. The van der Waals surface area contributed by atoms with Crippen LogP contribution < -0.4 is 14.8 Å². The molecule has 0 aromatic heterocycles. The van der Waals surface area contributed by atoms with Gasteiger partial charge in [-0.2, -0.15) is 0 Å². The molecule has 0 amide bonds. The summed E-state index contributed by atoms with van der Waals surface area (Å²) >= 11 is 0. The summed E-state index contributed by atoms with van der Waals surface area (Å²) in [7, 11) is 2.85. The van der Waals surface area contributed by atoms with Gasteiger partial charge in [-0.15, -0.1) is 0 Å². The highest BCUT2D eigenvalue weighted by atomic mass is 19.3. The molecule has 1 aliphatic heterocycles. The first kappa shape index (κ1) is 15.0. The molecule has 3 nitrogen and oxygen atoms in total. The predicted molar refractivity (Wildman–Crippen MR) is 73.8 cm³/mol. The Bertz CT molecular complexity index is 466. The Labute approximate surface area is 118 Å². The number of nitrogens with one attached hydrogen (secondary N) is 1. The van der Waals surface area contributed by atoms with Gasteiger partial charge in [-0.25, -0.2) is 8.78 Å². The first-order valence-corrected chi connectivity index (χ1v) is 6.82. The second kappa shape index (κ2) is 5.95. The Hall–Kier alpha value is -1.36. The third-order valence-corrected chi connectivity index (χ3v) is 3.66. The van der Waals surface area contributed by atoms with Crippen molar-refractivity contribution in [3.63, 3.8) is 0 Å². The molecule has 0 saturated carbocycles. The number of alkyl halides is 2. The minimum absolute atomic E-state index is 0.114. The van der Waals surface area contributed by atoms with Gasteiger partial charge >= 0.3 is 0 Å². The highest BCUT2D eigenvalue weighted by molar-refractivity contribution is 5.51. The van der Waals surface area contributed by atoms with E-state index in [1.165, 1.54) is 20.3 Å². The molecule has 5 heteroatoms. The Morgan fingerprint density at radius 1 is 1.30 bits per heavy atom. The normalized spacial score (nSPS) is 19.1. The number of hydrogen-bond acceptors (Lipinski definition) is 3. The van der Waals surface area contributed by atoms with Crippen LogP contribution in [-0.4, -0.2) is 26.8 Å². The fraction of sp³-hybridized carbons (Fsp3) is 0.600. The van der Waals surface area contributed by atoms with E-state index in [0.717, 1.165) is 38.3 Å². The maximum atomic E-state index is 13.8. The van der Waals surface area contributed by atoms with E-state index in [9.17, 15) is 8.78 Å². The Balaban J connectivity index is 2.37. The van der Waals surface area contributed by atoms with Gasteiger partial charge in [0.15, 0.2) is 11.5 Å². The van der Waals surface area contributed by atoms with Gasteiger partial charge in [0.1, 0.15) is 0 Å². The van der Waals surface area contributed by atoms with Gasteiger partial charge in [0.25, 0.3) is 5.92 Å². The first-order chi connectivity index (χ1) is 9.45. The summed E-state index contributed by atoms with van der Waals surface area (Å²) in [6.45, 7) is 1.87. The molecule has 0 spiro atoms. The Morgan fingerprint density at radius 2 is 2.05 bits per heavy atom. The lowest BCUT2D eigenvalue weighted by atomic mass is 9.98. The van der Waals surface area contributed by atoms with E-state index in [4.69, 9.17) is 9.47 Å². The lowest BCUT2D eigenvalue weighted by molar-refractivity contribution is 0.0146. The van der Waals surface area contributed by atoms with Crippen LogP contribution in [0.15, 0.2) is 12.1 Å². The van der Waals surface area contributed by atoms with E-state index < -0.39 is 5.92 Å². The average Bonchev–Trinajstić information content (AvgIpc) is 2.89. The second-order valence-corrected chi connectivity index (χ2v) is 5.26. The molecule has 0 bridgehead atoms. The fourth-order valence-corrected chi connectivity index (χ4v) is 2.68. The maximum Gasteiger partial charge on any atom is 0.274 e. The van der Waals surface area contributed by atoms with E-state index in [0.29, 0.717) is 11.8 Å². The Kier molecular flexibility index (Phi) is 4.48. The Morgan fingerprint density at radius 3 is 2.55 bits per heavy atom. The van der Waals surface area contributed by atoms with Crippen LogP contribution in [0.3, 0.4) is 0 Å². The molecule has 112 valence electrons. The number of benzene rings is 1. The van der Waals surface area contributed by atoms with Crippen molar-refractivity contribution in [2.24, 2.45) is 0 Å². The van der Waals surface area contributed by atoms with Gasteiger partial charge in [0.05, 0.1) is 19.8 Å². The molecule has 1 fully saturated rings. The molecule has 1 unspecified atom stereocenters. The van der Waals surface area contributed by atoms with Gasteiger partial charge in [-0.1, -0.05) is 0 Å². The standard InChI is InChI=1S/C15H21F2NO2/c1-15(16,17)12-8-10(7-11-5-4-6-18-11)9-13(19-2)14(12)20-3/h8-9,11,18H,4-7H2,1-3H3. The molecule has 1 atom stereocenters. The molecule has 20 heavy (non-hydrogen) atoms. The van der Waals surface area contributed by atoms with E-state index in [1.807, 2.05) is 0 Å². The summed E-state index contributed by atoms with van der Waals surface area (Å²) in [5.74, 6) is -2.49. The molecular weight excluding hydrogens is 264 g/mol. The molecule has 1 aliphatic rings. The summed E-state index contributed by atoms with van der Waals surface area (Å²) in [6.07, 6.45) is 2.93. The zero-order valence-corrected chi connectivity index (χ0v) is 12.1. The van der Waals surface area contributed by atoms with Crippen molar-refractivity contribution < 1.29 is 18.3 Å². The van der Waals surface area contributed by atoms with Crippen molar-refractivity contribution in [3.05, 3.63) is 23.3 Å². The smallest absolute Gasteiger partial charge is 0.274 e. The van der Waals surface area contributed by atoms with Gasteiger partial charge in [-0.3, -0.25) is 0 Å². The van der Waals surface area contributed by atoms with E-state index in [-0.39, 0.29) is 11.3 Å². The van der Waals surface area contributed by atoms with Crippen molar-refractivity contribution in [3.8, 4) is 11.5 Å². The molecule has 1 N–H and O–H groups in total. The fourth-order valence-electron chi connectivity index (χ4n) is 2.68. The molecule has 2 rings (SSSR count). The van der Waals surface area contributed by atoms with Gasteiger partial charge in [0.2, 0.25) is 0 Å². The highest BCUT2D eigenvalue weighted by Gasteiger charge is 2.31. The van der Waals surface area contributed by atoms with E-state index in [1.54, 1.807) is 6.07 Å². The first-order valence-electron chi connectivity index (χ1n) is 6.82. The minimum Gasteiger partial charge on any atom is -0.493 e. The number of halogens is 2. The number of ether oxygens (including phenoxy) is 2. The number of rotatable bonds is 5. The SMILES string of the molecule is COc1cc(CC2CCCN2)cc(C(C)(F)F)c1OC. The molecule has 1 aromatic carbocycles. The highest BCUT2D eigenvalue weighted by Crippen LogP contribution is 2.41. The molecular formula is C15H21F2NO2. The monoisotopic (exact) mass is 285 g/mol. The third-order valence-electron chi connectivity index (χ3n) is 3.66. The molecule has 0 aliphatic carbocycles. The van der Waals surface area contributed by atoms with Crippen LogP contribution in [0.4, 0.5) is 8.78 Å². The lowest BCUT2D eigenvalue weighted by Crippen LogP contribution is -2.24. The van der Waals surface area contributed by atoms with Crippen LogP contribution >= 0.6 is 0 Å². The van der Waals surface area contributed by atoms with Crippen molar-refractivity contribution >= 4 is 0 Å². The zero-order chi connectivity index (χ0) is 14.8. The zero-order valence-electron chi connectivity index (χ0n) is 12.1. The number of hydrogen-bond donors (Lipinski definition) is 1. The summed E-state index contributed by atoms with van der Waals surface area (Å²) in [4.78, 5) is 0. The van der Waals surface area contributed by atoms with Gasteiger partial charge < -0.3 is 14.8 Å². The van der Waals surface area contributed by atoms with Crippen LogP contribution in [0.25, 0.3) is 0 Å². The second-order valence-electron chi connectivity index (χ2n) is 5.26. The minimum atomic E-state index is -2.96. The quantitative estimate of drug-likeness (QED) is 0.901. The van der Waals surface area contributed by atoms with Crippen LogP contribution in [0.1, 0.15) is 30.9 Å². The van der Waals surface area contributed by atoms with Crippen LogP contribution in [0, 0.1) is 0 Å². The summed E-state index contributed by atoms with van der Waals surface area (Å²) < 4.78 is 37.8. The van der Waals surface area contributed by atoms with E-state index in [2.05, 4.69) is 5.32 Å². The predicted octanol–water partition coefficient (Wildman–Crippen LogP) is 3.11. The van der Waals surface area contributed by atoms with Gasteiger partial charge in [0, 0.05) is 13.0 Å². The van der Waals surface area contributed by atoms with Crippen molar-refractivity contribution in [1.82, 2.24) is 5.32 Å². The van der Waals surface area contributed by atoms with Gasteiger partial charge in [-0.05, 0) is 43.5 Å². The topological polar surface area (TPSA) is 30.5 Å². The van der Waals surface area contributed by atoms with Crippen molar-refractivity contribution in [2.45, 2.75) is 38.2 Å². The van der Waals surface area contributed by atoms with Crippen molar-refractivity contribution in [2.75, 3.05) is 20.8 Å². The largest absolute Gasteiger partial charge is 0.493 e. The van der Waals surface area contributed by atoms with Crippen LogP contribution in [-0.2, 0) is 12.3 Å². The van der Waals surface area contributed by atoms with Crippen molar-refractivity contribution in [1.29, 1.82) is 0 Å². The van der Waals surface area contributed by atoms with E-state index >= 15 is 0 Å². The molecule has 1 heterocycles. The average molecular weight is 285 g/mol. The molecule has 1 saturated heterocycles. The molecule has 1 aromatic rings. The summed E-state index contributed by atoms with van der Waals surface area (Å²) in [5, 5.41) is 3.37. The lowest BCUT2D eigenvalue weighted by Gasteiger charge is -2.20. The van der Waals surface area contributed by atoms with Crippen LogP contribution in [0.5, 0.6) is 11.5 Å².